The number of carbonyl (C=O) groups is 3. The number of rotatable bonds is 11. The summed E-state index contributed by atoms with van der Waals surface area (Å²) >= 11 is 6.00. The number of likely N-dealkylation sites (tertiary alicyclic amines) is 1. The molecule has 0 saturated carbocycles. The summed E-state index contributed by atoms with van der Waals surface area (Å²) in [7, 11) is 0. The Balaban J connectivity index is 1.58. The lowest BCUT2D eigenvalue weighted by molar-refractivity contribution is -0.144. The van der Waals surface area contributed by atoms with Gasteiger partial charge in [0.1, 0.15) is 12.4 Å². The smallest absolute Gasteiger partial charge is 0.307 e. The van der Waals surface area contributed by atoms with Crippen molar-refractivity contribution in [2.24, 2.45) is 0 Å². The summed E-state index contributed by atoms with van der Waals surface area (Å²) in [5.74, 6) is 0.165. The van der Waals surface area contributed by atoms with E-state index in [-0.39, 0.29) is 56.2 Å². The van der Waals surface area contributed by atoms with Crippen molar-refractivity contribution in [3.05, 3.63) is 64.2 Å². The molecule has 33 heavy (non-hydrogen) atoms. The number of halogens is 1. The van der Waals surface area contributed by atoms with Crippen molar-refractivity contribution in [2.45, 2.75) is 45.7 Å². The van der Waals surface area contributed by atoms with Crippen LogP contribution in [0.1, 0.15) is 48.9 Å². The fourth-order valence-electron chi connectivity index (χ4n) is 3.73. The van der Waals surface area contributed by atoms with Crippen LogP contribution in [0.2, 0.25) is 5.02 Å². The van der Waals surface area contributed by atoms with Gasteiger partial charge < -0.3 is 14.8 Å². The van der Waals surface area contributed by atoms with Crippen molar-refractivity contribution in [1.29, 1.82) is 0 Å². The summed E-state index contributed by atoms with van der Waals surface area (Å²) in [5, 5.41) is 4.07. The van der Waals surface area contributed by atoms with Crippen LogP contribution in [0.25, 0.3) is 0 Å². The standard InChI is InChI=1S/C25H29ClN2O5/c1-3-32-25(31)15-21(19-5-7-20(26)8-6-19)27-16-18-4-9-22(17(2)14-18)33-13-12-28-23(29)10-11-24(28)30/h4-9,14,21,27H,3,10-13,15-16H2,1-2H3. The number of nitrogens with one attached hydrogen (secondary N) is 1. The van der Waals surface area contributed by atoms with Gasteiger partial charge in [-0.15, -0.1) is 0 Å². The first kappa shape index (κ1) is 24.7. The lowest BCUT2D eigenvalue weighted by Gasteiger charge is -2.19. The van der Waals surface area contributed by atoms with E-state index in [1.165, 1.54) is 4.90 Å². The maximum absolute atomic E-state index is 12.1. The van der Waals surface area contributed by atoms with Crippen LogP contribution in [0.5, 0.6) is 5.75 Å². The molecule has 1 aliphatic rings. The zero-order valence-electron chi connectivity index (χ0n) is 18.9. The third-order valence-electron chi connectivity index (χ3n) is 5.47. The number of esters is 1. The van der Waals surface area contributed by atoms with E-state index in [0.717, 1.165) is 16.7 Å². The highest BCUT2D eigenvalue weighted by Crippen LogP contribution is 2.23. The molecule has 176 valence electrons. The fraction of sp³-hybridized carbons (Fsp3) is 0.400. The molecule has 0 aliphatic carbocycles. The van der Waals surface area contributed by atoms with Crippen LogP contribution in [-0.2, 0) is 25.7 Å². The number of ether oxygens (including phenoxy) is 2. The third-order valence-corrected chi connectivity index (χ3v) is 5.72. The predicted octanol–water partition coefficient (Wildman–Crippen LogP) is 3.96. The topological polar surface area (TPSA) is 84.9 Å². The highest BCUT2D eigenvalue weighted by Gasteiger charge is 2.28. The van der Waals surface area contributed by atoms with Crippen LogP contribution in [0.4, 0.5) is 0 Å². The van der Waals surface area contributed by atoms with Crippen molar-refractivity contribution < 1.29 is 23.9 Å². The molecule has 2 amide bonds. The molecule has 1 unspecified atom stereocenters. The van der Waals surface area contributed by atoms with Gasteiger partial charge in [-0.1, -0.05) is 35.9 Å². The molecule has 2 aromatic rings. The summed E-state index contributed by atoms with van der Waals surface area (Å²) in [6.07, 6.45) is 0.781. The molecule has 1 aliphatic heterocycles. The molecule has 1 atom stereocenters. The van der Waals surface area contributed by atoms with Gasteiger partial charge in [-0.2, -0.15) is 0 Å². The lowest BCUT2D eigenvalue weighted by Crippen LogP contribution is -2.33. The van der Waals surface area contributed by atoms with Crippen molar-refractivity contribution in [2.75, 3.05) is 19.8 Å². The fourth-order valence-corrected chi connectivity index (χ4v) is 3.86. The average Bonchev–Trinajstić information content (AvgIpc) is 3.11. The molecule has 0 spiro atoms. The minimum atomic E-state index is -0.264. The van der Waals surface area contributed by atoms with Crippen LogP contribution in [0.15, 0.2) is 42.5 Å². The van der Waals surface area contributed by atoms with E-state index in [4.69, 9.17) is 21.1 Å². The zero-order valence-corrected chi connectivity index (χ0v) is 19.7. The SMILES string of the molecule is CCOC(=O)CC(NCc1ccc(OCCN2C(=O)CCC2=O)c(C)c1)c1ccc(Cl)cc1. The predicted molar refractivity (Wildman–Crippen MR) is 125 cm³/mol. The second-order valence-corrected chi connectivity index (χ2v) is 8.32. The normalized spacial score (nSPS) is 14.5. The Morgan fingerprint density at radius 3 is 2.45 bits per heavy atom. The minimum absolute atomic E-state index is 0.139. The van der Waals surface area contributed by atoms with E-state index in [1.54, 1.807) is 19.1 Å². The average molecular weight is 473 g/mol. The van der Waals surface area contributed by atoms with E-state index in [9.17, 15) is 14.4 Å². The first-order valence-electron chi connectivity index (χ1n) is 11.1. The summed E-state index contributed by atoms with van der Waals surface area (Å²) in [4.78, 5) is 36.7. The zero-order chi connectivity index (χ0) is 23.8. The maximum Gasteiger partial charge on any atom is 0.307 e. The summed E-state index contributed by atoms with van der Waals surface area (Å²) in [6.45, 7) is 5.14. The number of hydrogen-bond acceptors (Lipinski definition) is 6. The van der Waals surface area contributed by atoms with Crippen molar-refractivity contribution >= 4 is 29.4 Å². The monoisotopic (exact) mass is 472 g/mol. The molecular formula is C25H29ClN2O5. The number of carbonyl (C=O) groups excluding carboxylic acids is 3. The molecule has 1 N–H and O–H groups in total. The van der Waals surface area contributed by atoms with Gasteiger partial charge in [-0.05, 0) is 48.7 Å². The van der Waals surface area contributed by atoms with Crippen molar-refractivity contribution in [3.8, 4) is 5.75 Å². The molecule has 2 aromatic carbocycles. The largest absolute Gasteiger partial charge is 0.491 e. The molecule has 1 heterocycles. The molecule has 8 heteroatoms. The number of benzene rings is 2. The number of hydrogen-bond donors (Lipinski definition) is 1. The van der Waals surface area contributed by atoms with Gasteiger partial charge in [0.15, 0.2) is 0 Å². The van der Waals surface area contributed by atoms with Gasteiger partial charge in [0, 0.05) is 30.5 Å². The van der Waals surface area contributed by atoms with Crippen molar-refractivity contribution in [3.63, 3.8) is 0 Å². The first-order chi connectivity index (χ1) is 15.9. The number of nitrogens with zero attached hydrogens (tertiary/aromatic N) is 1. The molecule has 7 nitrogen and oxygen atoms in total. The van der Waals surface area contributed by atoms with E-state index in [1.807, 2.05) is 37.3 Å². The molecule has 1 fully saturated rings. The Hall–Kier alpha value is -2.90. The van der Waals surface area contributed by atoms with Crippen LogP contribution >= 0.6 is 11.6 Å². The first-order valence-corrected chi connectivity index (χ1v) is 11.4. The Kier molecular flexibility index (Phi) is 8.86. The van der Waals surface area contributed by atoms with Crippen LogP contribution in [0, 0.1) is 6.92 Å². The summed E-state index contributed by atoms with van der Waals surface area (Å²) in [6, 6.07) is 13.0. The maximum atomic E-state index is 12.1. The highest BCUT2D eigenvalue weighted by atomic mass is 35.5. The van der Waals surface area contributed by atoms with Crippen molar-refractivity contribution in [1.82, 2.24) is 10.2 Å². The number of amides is 2. The molecule has 0 aromatic heterocycles. The second kappa shape index (κ2) is 11.8. The number of aryl methyl sites for hydroxylation is 1. The molecule has 0 radical (unpaired) electrons. The van der Waals surface area contributed by atoms with Gasteiger partial charge in [0.25, 0.3) is 0 Å². The third kappa shape index (κ3) is 7.04. The quantitative estimate of drug-likeness (QED) is 0.393. The van der Waals surface area contributed by atoms with Gasteiger partial charge in [0.05, 0.1) is 19.6 Å². The van der Waals surface area contributed by atoms with E-state index in [0.29, 0.717) is 23.9 Å². The second-order valence-electron chi connectivity index (χ2n) is 7.88. The molecule has 3 rings (SSSR count). The van der Waals surface area contributed by atoms with Gasteiger partial charge in [-0.3, -0.25) is 19.3 Å². The Labute approximate surface area is 199 Å². The minimum Gasteiger partial charge on any atom is -0.491 e. The van der Waals surface area contributed by atoms with Gasteiger partial charge in [-0.25, -0.2) is 0 Å². The van der Waals surface area contributed by atoms with Gasteiger partial charge >= 0.3 is 5.97 Å². The van der Waals surface area contributed by atoms with Crippen LogP contribution in [-0.4, -0.2) is 42.4 Å². The summed E-state index contributed by atoms with van der Waals surface area (Å²) < 4.78 is 10.9. The molecule has 0 bridgehead atoms. The van der Waals surface area contributed by atoms with E-state index >= 15 is 0 Å². The highest BCUT2D eigenvalue weighted by molar-refractivity contribution is 6.30. The van der Waals surface area contributed by atoms with Crippen LogP contribution < -0.4 is 10.1 Å². The Bertz CT molecular complexity index is 977. The van der Waals surface area contributed by atoms with Gasteiger partial charge in [0.2, 0.25) is 11.8 Å². The Morgan fingerprint density at radius 1 is 1.12 bits per heavy atom. The summed E-state index contributed by atoms with van der Waals surface area (Å²) in [5.41, 5.74) is 2.93. The molecular weight excluding hydrogens is 444 g/mol. The van der Waals surface area contributed by atoms with E-state index in [2.05, 4.69) is 5.32 Å². The Morgan fingerprint density at radius 2 is 1.82 bits per heavy atom. The van der Waals surface area contributed by atoms with E-state index < -0.39 is 0 Å². The lowest BCUT2D eigenvalue weighted by atomic mass is 10.0. The molecule has 1 saturated heterocycles. The van der Waals surface area contributed by atoms with Crippen LogP contribution in [0.3, 0.4) is 0 Å². The number of imide groups is 1.